The first kappa shape index (κ1) is 9.50. The molecule has 76 valence electrons. The van der Waals surface area contributed by atoms with E-state index >= 15 is 0 Å². The molecular formula is C12H16FN. The van der Waals surface area contributed by atoms with Gasteiger partial charge in [0.2, 0.25) is 0 Å². The van der Waals surface area contributed by atoms with E-state index in [-0.39, 0.29) is 5.82 Å². The molecule has 0 aromatic heterocycles. The third-order valence-electron chi connectivity index (χ3n) is 2.77. The summed E-state index contributed by atoms with van der Waals surface area (Å²) in [5, 5.41) is 3.35. The minimum atomic E-state index is -0.157. The highest BCUT2D eigenvalue weighted by molar-refractivity contribution is 5.46. The predicted octanol–water partition coefficient (Wildman–Crippen LogP) is 3.34. The molecule has 1 aromatic rings. The summed E-state index contributed by atoms with van der Waals surface area (Å²) in [5.41, 5.74) is 1.87. The van der Waals surface area contributed by atoms with Crippen molar-refractivity contribution in [1.82, 2.24) is 0 Å². The Bertz CT molecular complexity index is 311. The van der Waals surface area contributed by atoms with Gasteiger partial charge >= 0.3 is 0 Å². The second kappa shape index (κ2) is 3.60. The quantitative estimate of drug-likeness (QED) is 0.776. The maximum atomic E-state index is 13.1. The van der Waals surface area contributed by atoms with Gasteiger partial charge < -0.3 is 5.32 Å². The Morgan fingerprint density at radius 3 is 2.64 bits per heavy atom. The fraction of sp³-hybridized carbons (Fsp3) is 0.500. The smallest absolute Gasteiger partial charge is 0.125 e. The van der Waals surface area contributed by atoms with Crippen molar-refractivity contribution in [3.63, 3.8) is 0 Å². The number of hydrogen-bond acceptors (Lipinski definition) is 1. The van der Waals surface area contributed by atoms with Crippen LogP contribution in [0.1, 0.15) is 25.3 Å². The molecule has 0 heterocycles. The van der Waals surface area contributed by atoms with Crippen molar-refractivity contribution in [3.8, 4) is 0 Å². The highest BCUT2D eigenvalue weighted by Gasteiger charge is 2.27. The van der Waals surface area contributed by atoms with Crippen molar-refractivity contribution < 1.29 is 4.39 Å². The first-order valence-electron chi connectivity index (χ1n) is 5.19. The lowest BCUT2D eigenvalue weighted by molar-refractivity contribution is 0.625. The highest BCUT2D eigenvalue weighted by atomic mass is 19.1. The molecule has 1 N–H and O–H groups in total. The zero-order valence-electron chi connectivity index (χ0n) is 8.68. The van der Waals surface area contributed by atoms with Gasteiger partial charge in [-0.1, -0.05) is 0 Å². The Morgan fingerprint density at radius 1 is 1.36 bits per heavy atom. The second-order valence-corrected chi connectivity index (χ2v) is 4.29. The number of benzene rings is 1. The number of anilines is 1. The topological polar surface area (TPSA) is 12.0 Å². The summed E-state index contributed by atoms with van der Waals surface area (Å²) in [4.78, 5) is 0. The molecule has 0 amide bonds. The highest BCUT2D eigenvalue weighted by Crippen LogP contribution is 2.34. The van der Waals surface area contributed by atoms with Crippen LogP contribution in [-0.4, -0.2) is 6.04 Å². The molecular weight excluding hydrogens is 177 g/mol. The van der Waals surface area contributed by atoms with Gasteiger partial charge in [0.1, 0.15) is 5.82 Å². The van der Waals surface area contributed by atoms with E-state index in [4.69, 9.17) is 0 Å². The van der Waals surface area contributed by atoms with E-state index in [0.29, 0.717) is 6.04 Å². The SMILES string of the molecule is Cc1cc(F)cc(NC(C)C2CC2)c1. The van der Waals surface area contributed by atoms with E-state index in [0.717, 1.165) is 17.2 Å². The lowest BCUT2D eigenvalue weighted by Crippen LogP contribution is -2.17. The Labute approximate surface area is 84.3 Å². The fourth-order valence-corrected chi connectivity index (χ4v) is 1.80. The van der Waals surface area contributed by atoms with Crippen molar-refractivity contribution in [2.45, 2.75) is 32.7 Å². The van der Waals surface area contributed by atoms with Crippen LogP contribution in [0, 0.1) is 18.7 Å². The monoisotopic (exact) mass is 193 g/mol. The van der Waals surface area contributed by atoms with Gasteiger partial charge in [0.15, 0.2) is 0 Å². The van der Waals surface area contributed by atoms with Crippen LogP contribution in [0.25, 0.3) is 0 Å². The van der Waals surface area contributed by atoms with Crippen LogP contribution >= 0.6 is 0 Å². The number of nitrogens with one attached hydrogen (secondary N) is 1. The summed E-state index contributed by atoms with van der Waals surface area (Å²) in [6.45, 7) is 4.08. The van der Waals surface area contributed by atoms with E-state index in [1.807, 2.05) is 13.0 Å². The van der Waals surface area contributed by atoms with Gasteiger partial charge in [-0.25, -0.2) is 4.39 Å². The molecule has 1 saturated carbocycles. The van der Waals surface area contributed by atoms with Gasteiger partial charge in [-0.2, -0.15) is 0 Å². The summed E-state index contributed by atoms with van der Waals surface area (Å²) in [6.07, 6.45) is 2.62. The third-order valence-corrected chi connectivity index (χ3v) is 2.77. The summed E-state index contributed by atoms with van der Waals surface area (Å²) >= 11 is 0. The second-order valence-electron chi connectivity index (χ2n) is 4.29. The van der Waals surface area contributed by atoms with Crippen LogP contribution in [0.3, 0.4) is 0 Å². The Balaban J connectivity index is 2.07. The number of aryl methyl sites for hydroxylation is 1. The minimum Gasteiger partial charge on any atom is -0.382 e. The zero-order chi connectivity index (χ0) is 10.1. The van der Waals surface area contributed by atoms with Crippen LogP contribution in [-0.2, 0) is 0 Å². The van der Waals surface area contributed by atoms with E-state index in [2.05, 4.69) is 12.2 Å². The first-order valence-corrected chi connectivity index (χ1v) is 5.19. The van der Waals surface area contributed by atoms with Crippen molar-refractivity contribution in [2.24, 2.45) is 5.92 Å². The van der Waals surface area contributed by atoms with Gasteiger partial charge in [0.25, 0.3) is 0 Å². The van der Waals surface area contributed by atoms with E-state index in [1.165, 1.54) is 12.8 Å². The standard InChI is InChI=1S/C12H16FN/c1-8-5-11(13)7-12(6-8)14-9(2)10-3-4-10/h5-7,9-10,14H,3-4H2,1-2H3. The van der Waals surface area contributed by atoms with Gasteiger partial charge in [-0.05, 0) is 56.4 Å². The first-order chi connectivity index (χ1) is 6.65. The van der Waals surface area contributed by atoms with Crippen LogP contribution in [0.5, 0.6) is 0 Å². The Kier molecular flexibility index (Phi) is 2.44. The zero-order valence-corrected chi connectivity index (χ0v) is 8.68. The molecule has 1 unspecified atom stereocenters. The minimum absolute atomic E-state index is 0.157. The molecule has 14 heavy (non-hydrogen) atoms. The van der Waals surface area contributed by atoms with Crippen molar-refractivity contribution in [3.05, 3.63) is 29.6 Å². The van der Waals surface area contributed by atoms with Gasteiger partial charge in [0, 0.05) is 11.7 Å². The van der Waals surface area contributed by atoms with Crippen LogP contribution in [0.15, 0.2) is 18.2 Å². The maximum Gasteiger partial charge on any atom is 0.125 e. The molecule has 1 aliphatic carbocycles. The third kappa shape index (κ3) is 2.25. The average molecular weight is 193 g/mol. The summed E-state index contributed by atoms with van der Waals surface area (Å²) in [5.74, 6) is 0.633. The molecule has 0 spiro atoms. The number of halogens is 1. The Hall–Kier alpha value is -1.05. The van der Waals surface area contributed by atoms with Crippen LogP contribution in [0.4, 0.5) is 10.1 Å². The van der Waals surface area contributed by atoms with E-state index < -0.39 is 0 Å². The van der Waals surface area contributed by atoms with Gasteiger partial charge in [-0.3, -0.25) is 0 Å². The van der Waals surface area contributed by atoms with E-state index in [9.17, 15) is 4.39 Å². The molecule has 2 rings (SSSR count). The molecule has 1 fully saturated rings. The van der Waals surface area contributed by atoms with Crippen LogP contribution in [0.2, 0.25) is 0 Å². The summed E-state index contributed by atoms with van der Waals surface area (Å²) in [7, 11) is 0. The molecule has 1 nitrogen and oxygen atoms in total. The molecule has 2 heteroatoms. The molecule has 0 saturated heterocycles. The van der Waals surface area contributed by atoms with Crippen molar-refractivity contribution in [1.29, 1.82) is 0 Å². The number of hydrogen-bond donors (Lipinski definition) is 1. The van der Waals surface area contributed by atoms with Crippen molar-refractivity contribution >= 4 is 5.69 Å². The normalized spacial score (nSPS) is 17.9. The molecule has 1 atom stereocenters. The average Bonchev–Trinajstić information content (AvgIpc) is 2.82. The van der Waals surface area contributed by atoms with Crippen LogP contribution < -0.4 is 5.32 Å². The lowest BCUT2D eigenvalue weighted by atomic mass is 10.1. The molecule has 1 aliphatic rings. The summed E-state index contributed by atoms with van der Waals surface area (Å²) in [6, 6.07) is 5.57. The largest absolute Gasteiger partial charge is 0.382 e. The Morgan fingerprint density at radius 2 is 2.07 bits per heavy atom. The van der Waals surface area contributed by atoms with E-state index in [1.54, 1.807) is 12.1 Å². The van der Waals surface area contributed by atoms with Gasteiger partial charge in [0.05, 0.1) is 0 Å². The summed E-state index contributed by atoms with van der Waals surface area (Å²) < 4.78 is 13.1. The fourth-order valence-electron chi connectivity index (χ4n) is 1.80. The molecule has 0 bridgehead atoms. The van der Waals surface area contributed by atoms with Crippen molar-refractivity contribution in [2.75, 3.05) is 5.32 Å². The molecule has 0 radical (unpaired) electrons. The predicted molar refractivity (Wildman–Crippen MR) is 56.9 cm³/mol. The van der Waals surface area contributed by atoms with Gasteiger partial charge in [-0.15, -0.1) is 0 Å². The molecule has 1 aromatic carbocycles. The lowest BCUT2D eigenvalue weighted by Gasteiger charge is -2.14. The number of rotatable bonds is 3. The molecule has 0 aliphatic heterocycles. The maximum absolute atomic E-state index is 13.1.